The first-order valence-corrected chi connectivity index (χ1v) is 8.73. The summed E-state index contributed by atoms with van der Waals surface area (Å²) in [5, 5.41) is 0. The van der Waals surface area contributed by atoms with E-state index >= 15 is 0 Å². The zero-order valence-electron chi connectivity index (χ0n) is 14.0. The normalized spacial score (nSPS) is 42.6. The van der Waals surface area contributed by atoms with Crippen molar-refractivity contribution in [1.82, 2.24) is 0 Å². The van der Waals surface area contributed by atoms with E-state index in [2.05, 4.69) is 27.7 Å². The first-order chi connectivity index (χ1) is 9.45. The van der Waals surface area contributed by atoms with Crippen molar-refractivity contribution in [2.24, 2.45) is 17.3 Å². The quantitative estimate of drug-likeness (QED) is 0.693. The molecule has 0 aromatic carbocycles. The Labute approximate surface area is 125 Å². The third kappa shape index (κ3) is 4.46. The van der Waals surface area contributed by atoms with Crippen LogP contribution in [0.2, 0.25) is 0 Å². The van der Waals surface area contributed by atoms with Crippen molar-refractivity contribution in [1.29, 1.82) is 0 Å². The molecule has 0 aromatic rings. The fourth-order valence-corrected chi connectivity index (χ4v) is 3.64. The average Bonchev–Trinajstić information content (AvgIpc) is 2.44. The summed E-state index contributed by atoms with van der Waals surface area (Å²) >= 11 is 0. The summed E-state index contributed by atoms with van der Waals surface area (Å²) in [6.45, 7) is 11.0. The highest BCUT2D eigenvalue weighted by Gasteiger charge is 2.36. The van der Waals surface area contributed by atoms with Gasteiger partial charge in [-0.05, 0) is 43.9 Å². The molecular weight excluding hydrogens is 248 g/mol. The third-order valence-corrected chi connectivity index (χ3v) is 5.61. The largest absolute Gasteiger partial charge is 0.350 e. The molecule has 0 bridgehead atoms. The standard InChI is InChI=1S/C18H34O2/c1-5-6-16-13-19-18(4,20-14-16)12-11-17(3)9-7-15(2)8-10-17/h15-16H,5-14H2,1-4H3. The molecule has 1 saturated carbocycles. The Morgan fingerprint density at radius 2 is 1.60 bits per heavy atom. The summed E-state index contributed by atoms with van der Waals surface area (Å²) in [6, 6.07) is 0. The van der Waals surface area contributed by atoms with Crippen LogP contribution in [0.4, 0.5) is 0 Å². The lowest BCUT2D eigenvalue weighted by atomic mass is 9.69. The van der Waals surface area contributed by atoms with Gasteiger partial charge in [-0.3, -0.25) is 0 Å². The van der Waals surface area contributed by atoms with E-state index in [1.807, 2.05) is 0 Å². The predicted molar refractivity (Wildman–Crippen MR) is 83.7 cm³/mol. The molecular formula is C18H34O2. The van der Waals surface area contributed by atoms with Crippen LogP contribution in [-0.2, 0) is 9.47 Å². The summed E-state index contributed by atoms with van der Waals surface area (Å²) in [5.41, 5.74) is 0.516. The highest BCUT2D eigenvalue weighted by molar-refractivity contribution is 4.83. The second-order valence-electron chi connectivity index (χ2n) is 7.90. The van der Waals surface area contributed by atoms with E-state index in [1.54, 1.807) is 0 Å². The molecule has 2 nitrogen and oxygen atoms in total. The van der Waals surface area contributed by atoms with Crippen molar-refractivity contribution < 1.29 is 9.47 Å². The van der Waals surface area contributed by atoms with Gasteiger partial charge < -0.3 is 9.47 Å². The van der Waals surface area contributed by atoms with Gasteiger partial charge in [-0.25, -0.2) is 0 Å². The van der Waals surface area contributed by atoms with Crippen LogP contribution < -0.4 is 0 Å². The van der Waals surface area contributed by atoms with Crippen LogP contribution in [-0.4, -0.2) is 19.0 Å². The summed E-state index contributed by atoms with van der Waals surface area (Å²) < 4.78 is 12.1. The number of hydrogen-bond donors (Lipinski definition) is 0. The lowest BCUT2D eigenvalue weighted by Crippen LogP contribution is -2.42. The van der Waals surface area contributed by atoms with E-state index in [0.717, 1.165) is 25.6 Å². The van der Waals surface area contributed by atoms with Crippen LogP contribution in [0.15, 0.2) is 0 Å². The van der Waals surface area contributed by atoms with Gasteiger partial charge in [0.25, 0.3) is 0 Å². The van der Waals surface area contributed by atoms with Crippen LogP contribution in [0, 0.1) is 17.3 Å². The minimum atomic E-state index is -0.323. The summed E-state index contributed by atoms with van der Waals surface area (Å²) in [7, 11) is 0. The molecule has 1 aliphatic carbocycles. The molecule has 0 unspecified atom stereocenters. The van der Waals surface area contributed by atoms with Gasteiger partial charge in [0.15, 0.2) is 5.79 Å². The topological polar surface area (TPSA) is 18.5 Å². The van der Waals surface area contributed by atoms with Gasteiger partial charge in [0, 0.05) is 12.3 Å². The molecule has 1 saturated heterocycles. The van der Waals surface area contributed by atoms with E-state index in [-0.39, 0.29) is 5.79 Å². The monoisotopic (exact) mass is 282 g/mol. The third-order valence-electron chi connectivity index (χ3n) is 5.61. The Bertz CT molecular complexity index is 284. The summed E-state index contributed by atoms with van der Waals surface area (Å²) in [6.07, 6.45) is 10.3. The number of hydrogen-bond acceptors (Lipinski definition) is 2. The first kappa shape index (κ1) is 16.3. The van der Waals surface area contributed by atoms with Crippen LogP contribution in [0.25, 0.3) is 0 Å². The van der Waals surface area contributed by atoms with E-state index < -0.39 is 0 Å². The fourth-order valence-electron chi connectivity index (χ4n) is 3.64. The van der Waals surface area contributed by atoms with Gasteiger partial charge in [0.05, 0.1) is 13.2 Å². The van der Waals surface area contributed by atoms with Crippen LogP contribution in [0.5, 0.6) is 0 Å². The van der Waals surface area contributed by atoms with Crippen LogP contribution in [0.3, 0.4) is 0 Å². The van der Waals surface area contributed by atoms with Gasteiger partial charge in [-0.15, -0.1) is 0 Å². The molecule has 0 radical (unpaired) electrons. The number of rotatable bonds is 5. The van der Waals surface area contributed by atoms with Crippen LogP contribution in [0.1, 0.15) is 79.1 Å². The molecule has 0 aromatic heterocycles. The van der Waals surface area contributed by atoms with Crippen molar-refractivity contribution >= 4 is 0 Å². The van der Waals surface area contributed by atoms with Gasteiger partial charge in [-0.1, -0.05) is 40.0 Å². The smallest absolute Gasteiger partial charge is 0.165 e. The van der Waals surface area contributed by atoms with E-state index in [0.29, 0.717) is 11.3 Å². The number of ether oxygens (including phenoxy) is 2. The molecule has 2 heteroatoms. The molecule has 2 rings (SSSR count). The second kappa shape index (κ2) is 6.79. The van der Waals surface area contributed by atoms with Crippen molar-refractivity contribution in [2.45, 2.75) is 84.8 Å². The van der Waals surface area contributed by atoms with Crippen molar-refractivity contribution in [3.63, 3.8) is 0 Å². The van der Waals surface area contributed by atoms with Crippen molar-refractivity contribution in [3.8, 4) is 0 Å². The Morgan fingerprint density at radius 1 is 1.00 bits per heavy atom. The highest BCUT2D eigenvalue weighted by atomic mass is 16.7. The Balaban J connectivity index is 1.76. The minimum absolute atomic E-state index is 0.323. The molecule has 1 heterocycles. The lowest BCUT2D eigenvalue weighted by molar-refractivity contribution is -0.278. The Kier molecular flexibility index (Phi) is 5.53. The molecule has 20 heavy (non-hydrogen) atoms. The van der Waals surface area contributed by atoms with Crippen molar-refractivity contribution in [2.75, 3.05) is 13.2 Å². The highest BCUT2D eigenvalue weighted by Crippen LogP contribution is 2.43. The molecule has 2 aliphatic rings. The van der Waals surface area contributed by atoms with E-state index in [4.69, 9.17) is 9.47 Å². The molecule has 118 valence electrons. The summed E-state index contributed by atoms with van der Waals surface area (Å²) in [4.78, 5) is 0. The maximum Gasteiger partial charge on any atom is 0.165 e. The van der Waals surface area contributed by atoms with Gasteiger partial charge in [-0.2, -0.15) is 0 Å². The predicted octanol–water partition coefficient (Wildman–Crippen LogP) is 5.16. The van der Waals surface area contributed by atoms with E-state index in [1.165, 1.54) is 44.9 Å². The van der Waals surface area contributed by atoms with Gasteiger partial charge in [0.1, 0.15) is 0 Å². The maximum atomic E-state index is 6.07. The first-order valence-electron chi connectivity index (χ1n) is 8.73. The Morgan fingerprint density at radius 3 is 2.15 bits per heavy atom. The fraction of sp³-hybridized carbons (Fsp3) is 1.00. The average molecular weight is 282 g/mol. The van der Waals surface area contributed by atoms with E-state index in [9.17, 15) is 0 Å². The lowest BCUT2D eigenvalue weighted by Gasteiger charge is -2.42. The molecule has 0 N–H and O–H groups in total. The minimum Gasteiger partial charge on any atom is -0.350 e. The molecule has 0 amide bonds. The molecule has 2 fully saturated rings. The SMILES string of the molecule is CCCC1COC(C)(CCC2(C)CCC(C)CC2)OC1. The van der Waals surface area contributed by atoms with Crippen molar-refractivity contribution in [3.05, 3.63) is 0 Å². The zero-order chi connectivity index (χ0) is 14.6. The van der Waals surface area contributed by atoms with Gasteiger partial charge in [0.2, 0.25) is 0 Å². The second-order valence-corrected chi connectivity index (χ2v) is 7.90. The summed E-state index contributed by atoms with van der Waals surface area (Å²) in [5.74, 6) is 1.21. The van der Waals surface area contributed by atoms with Crippen LogP contribution >= 0.6 is 0 Å². The molecule has 0 atom stereocenters. The molecule has 1 aliphatic heterocycles. The van der Waals surface area contributed by atoms with Gasteiger partial charge >= 0.3 is 0 Å². The zero-order valence-corrected chi connectivity index (χ0v) is 14.0. The Hall–Kier alpha value is -0.0800. The molecule has 0 spiro atoms. The maximum absolute atomic E-state index is 6.07.